The van der Waals surface area contributed by atoms with Gasteiger partial charge in [0.1, 0.15) is 13.2 Å². The van der Waals surface area contributed by atoms with Crippen LogP contribution in [0, 0.1) is 0 Å². The van der Waals surface area contributed by atoms with Crippen LogP contribution in [0.3, 0.4) is 0 Å². The number of hydrogen-bond acceptors (Lipinski definition) is 8. The van der Waals surface area contributed by atoms with Gasteiger partial charge in [-0.15, -0.1) is 0 Å². The Bertz CT molecular complexity index is 1240. The predicted molar refractivity (Wildman–Crippen MR) is 279 cm³/mol. The number of ether oxygens (including phenoxy) is 4. The summed E-state index contributed by atoms with van der Waals surface area (Å²) in [5, 5.41) is 11.8. The molecular formula is C58H105NO8. The Morgan fingerprint density at radius 2 is 0.851 bits per heavy atom. The Hall–Kier alpha value is -2.75. The smallest absolute Gasteiger partial charge is 0.306 e. The second-order valence-electron chi connectivity index (χ2n) is 19.9. The molecular weight excluding hydrogens is 839 g/mol. The summed E-state index contributed by atoms with van der Waals surface area (Å²) in [6.07, 6.45) is 57.2. The lowest BCUT2D eigenvalue weighted by molar-refractivity contribution is -0.870. The van der Waals surface area contributed by atoms with Gasteiger partial charge in [-0.25, -0.2) is 0 Å². The molecule has 0 aromatic carbocycles. The minimum absolute atomic E-state index is 0.146. The molecule has 0 spiro atoms. The second-order valence-corrected chi connectivity index (χ2v) is 19.9. The van der Waals surface area contributed by atoms with E-state index in [1.54, 1.807) is 0 Å². The molecule has 67 heavy (non-hydrogen) atoms. The van der Waals surface area contributed by atoms with Crippen molar-refractivity contribution < 1.29 is 42.9 Å². The largest absolute Gasteiger partial charge is 0.545 e. The normalized spacial score (nSPS) is 13.1. The maximum absolute atomic E-state index is 12.8. The van der Waals surface area contributed by atoms with Crippen LogP contribution in [0.5, 0.6) is 0 Å². The van der Waals surface area contributed by atoms with E-state index in [0.29, 0.717) is 23.9 Å². The fourth-order valence-corrected chi connectivity index (χ4v) is 7.82. The van der Waals surface area contributed by atoms with Gasteiger partial charge in [0.2, 0.25) is 0 Å². The summed E-state index contributed by atoms with van der Waals surface area (Å²) in [6.45, 7) is 4.65. The van der Waals surface area contributed by atoms with Gasteiger partial charge < -0.3 is 33.3 Å². The molecule has 0 heterocycles. The van der Waals surface area contributed by atoms with Crippen molar-refractivity contribution in [1.29, 1.82) is 0 Å². The summed E-state index contributed by atoms with van der Waals surface area (Å²) >= 11 is 0. The number of aliphatic carboxylic acids is 1. The average Bonchev–Trinajstić information content (AvgIpc) is 3.29. The number of unbranched alkanes of at least 4 members (excludes halogenated alkanes) is 28. The van der Waals surface area contributed by atoms with Crippen LogP contribution in [0.2, 0.25) is 0 Å². The molecule has 0 aromatic heterocycles. The molecule has 0 N–H and O–H groups in total. The van der Waals surface area contributed by atoms with E-state index in [1.165, 1.54) is 141 Å². The van der Waals surface area contributed by atoms with Crippen molar-refractivity contribution in [1.82, 2.24) is 0 Å². The van der Waals surface area contributed by atoms with Gasteiger partial charge in [0.05, 0.1) is 40.3 Å². The van der Waals surface area contributed by atoms with E-state index in [1.807, 2.05) is 21.1 Å². The minimum atomic E-state index is -1.62. The molecule has 2 atom stereocenters. The zero-order valence-corrected chi connectivity index (χ0v) is 44.3. The number of hydrogen-bond donors (Lipinski definition) is 0. The van der Waals surface area contributed by atoms with Crippen LogP contribution in [-0.2, 0) is 33.3 Å². The van der Waals surface area contributed by atoms with E-state index >= 15 is 0 Å². The molecule has 0 rings (SSSR count). The highest BCUT2D eigenvalue weighted by Crippen LogP contribution is 2.17. The zero-order chi connectivity index (χ0) is 49.2. The first-order valence-corrected chi connectivity index (χ1v) is 27.8. The molecule has 0 aliphatic heterocycles. The van der Waals surface area contributed by atoms with E-state index in [0.717, 1.165) is 70.6 Å². The number of carboxylic acids is 1. The van der Waals surface area contributed by atoms with Crippen molar-refractivity contribution in [3.63, 3.8) is 0 Å². The number of likely N-dealkylation sites (N-methyl/N-ethyl adjacent to an activating group) is 1. The summed E-state index contributed by atoms with van der Waals surface area (Å²) < 4.78 is 22.7. The van der Waals surface area contributed by atoms with E-state index in [2.05, 4.69) is 62.5 Å². The molecule has 9 nitrogen and oxygen atoms in total. The van der Waals surface area contributed by atoms with Gasteiger partial charge >= 0.3 is 11.9 Å². The number of nitrogens with zero attached hydrogens (tertiary/aromatic N) is 1. The Morgan fingerprint density at radius 3 is 1.27 bits per heavy atom. The topological polar surface area (TPSA) is 111 Å². The third kappa shape index (κ3) is 50.9. The lowest BCUT2D eigenvalue weighted by atomic mass is 10.0. The summed E-state index contributed by atoms with van der Waals surface area (Å²) in [4.78, 5) is 37.2. The number of carbonyl (C=O) groups excluding carboxylic acids is 3. The zero-order valence-electron chi connectivity index (χ0n) is 44.3. The van der Waals surface area contributed by atoms with Crippen LogP contribution in [0.15, 0.2) is 48.6 Å². The van der Waals surface area contributed by atoms with Crippen molar-refractivity contribution in [2.75, 3.05) is 47.5 Å². The highest BCUT2D eigenvalue weighted by Gasteiger charge is 2.22. The third-order valence-electron chi connectivity index (χ3n) is 12.1. The minimum Gasteiger partial charge on any atom is -0.545 e. The molecule has 0 aliphatic carbocycles. The summed E-state index contributed by atoms with van der Waals surface area (Å²) in [6, 6.07) is 0. The molecule has 390 valence electrons. The number of carboxylic acid groups (broad SMARTS) is 1. The Labute approximate surface area is 412 Å². The number of quaternary nitrogens is 1. The Morgan fingerprint density at radius 1 is 0.463 bits per heavy atom. The lowest BCUT2D eigenvalue weighted by Crippen LogP contribution is -2.44. The van der Waals surface area contributed by atoms with E-state index in [-0.39, 0.29) is 32.2 Å². The van der Waals surface area contributed by atoms with Crippen LogP contribution in [0.4, 0.5) is 0 Å². The van der Waals surface area contributed by atoms with Crippen molar-refractivity contribution in [2.24, 2.45) is 0 Å². The number of carbonyl (C=O) groups is 3. The standard InChI is InChI=1S/C58H105NO8/c1-6-8-10-12-14-16-18-20-22-24-26-28-30-32-34-36-38-40-42-44-46-48-55(60)65-52-54(53-66-58(57(62)63)64-51-50-59(3,4)5)67-56(61)49-47-45-43-41-39-37-35-33-31-29-27-25-23-21-19-17-15-13-11-9-7-2/h9,11,15,17,21,23,27,29,54,58H,6-8,10,12-14,16,18-20,22,24-26,28,30-53H2,1-5H3/b11-9-,17-15-,23-21-,29-27-. The maximum atomic E-state index is 12.8. The van der Waals surface area contributed by atoms with Crippen LogP contribution >= 0.6 is 0 Å². The van der Waals surface area contributed by atoms with Crippen molar-refractivity contribution in [2.45, 2.75) is 257 Å². The molecule has 2 unspecified atom stereocenters. The third-order valence-corrected chi connectivity index (χ3v) is 12.1. The summed E-state index contributed by atoms with van der Waals surface area (Å²) in [7, 11) is 5.92. The maximum Gasteiger partial charge on any atom is 0.306 e. The van der Waals surface area contributed by atoms with Crippen LogP contribution in [0.25, 0.3) is 0 Å². The van der Waals surface area contributed by atoms with Gasteiger partial charge in [-0.3, -0.25) is 9.59 Å². The van der Waals surface area contributed by atoms with Gasteiger partial charge in [-0.05, 0) is 51.4 Å². The molecule has 0 aliphatic rings. The lowest BCUT2D eigenvalue weighted by Gasteiger charge is -2.26. The molecule has 0 bridgehead atoms. The Kier molecular flexibility index (Phi) is 47.6. The van der Waals surface area contributed by atoms with Gasteiger partial charge in [0.25, 0.3) is 0 Å². The Balaban J connectivity index is 4.28. The van der Waals surface area contributed by atoms with E-state index in [9.17, 15) is 19.5 Å². The monoisotopic (exact) mass is 944 g/mol. The summed E-state index contributed by atoms with van der Waals surface area (Å²) in [5.74, 6) is -2.28. The van der Waals surface area contributed by atoms with Crippen molar-refractivity contribution in [3.8, 4) is 0 Å². The summed E-state index contributed by atoms with van der Waals surface area (Å²) in [5.41, 5.74) is 0. The van der Waals surface area contributed by atoms with Crippen molar-refractivity contribution in [3.05, 3.63) is 48.6 Å². The fourth-order valence-electron chi connectivity index (χ4n) is 7.82. The molecule has 0 amide bonds. The predicted octanol–water partition coefficient (Wildman–Crippen LogP) is 14.6. The fraction of sp³-hybridized carbons (Fsp3) is 0.810. The van der Waals surface area contributed by atoms with Gasteiger partial charge in [-0.1, -0.05) is 229 Å². The molecule has 0 aromatic rings. The molecule has 0 radical (unpaired) electrons. The molecule has 9 heteroatoms. The van der Waals surface area contributed by atoms with E-state index < -0.39 is 24.3 Å². The van der Waals surface area contributed by atoms with Gasteiger partial charge in [0.15, 0.2) is 12.4 Å². The van der Waals surface area contributed by atoms with Crippen LogP contribution in [0.1, 0.15) is 245 Å². The van der Waals surface area contributed by atoms with Gasteiger partial charge in [-0.2, -0.15) is 0 Å². The molecule has 0 fully saturated rings. The first-order chi connectivity index (χ1) is 32.6. The number of esters is 2. The molecule has 0 saturated carbocycles. The molecule has 0 saturated heterocycles. The van der Waals surface area contributed by atoms with Gasteiger partial charge in [0, 0.05) is 12.8 Å². The quantitative estimate of drug-likeness (QED) is 0.0195. The first kappa shape index (κ1) is 64.2. The SMILES string of the molecule is CC/C=C\C/C=C\C/C=C\C/C=C\CCCCCCCCCCC(=O)OC(COC(=O)CCCCCCCCCCCCCCCCCCCCCCC)COC(OCC[N+](C)(C)C)C(=O)[O-]. The average molecular weight is 944 g/mol. The highest BCUT2D eigenvalue weighted by atomic mass is 16.7. The van der Waals surface area contributed by atoms with Crippen LogP contribution < -0.4 is 5.11 Å². The van der Waals surface area contributed by atoms with Crippen LogP contribution in [-0.4, -0.2) is 82.3 Å². The van der Waals surface area contributed by atoms with Crippen molar-refractivity contribution >= 4 is 17.9 Å². The number of rotatable bonds is 51. The highest BCUT2D eigenvalue weighted by molar-refractivity contribution is 5.70. The second kappa shape index (κ2) is 49.7. The van der Waals surface area contributed by atoms with E-state index in [4.69, 9.17) is 18.9 Å². The number of allylic oxidation sites excluding steroid dienone is 8. The first-order valence-electron chi connectivity index (χ1n) is 27.8.